The first-order valence-electron chi connectivity index (χ1n) is 7.87. The number of hydrogen-bond acceptors (Lipinski definition) is 3. The molecule has 1 aliphatic heterocycles. The standard InChI is InChI=1S/C15H32N2O/c1-3-5-6-7-8-9-14(12-16)17-10-11-18-15(4-2)13-17/h14-15H,3-13,16H2,1-2H3. The molecule has 0 aromatic heterocycles. The Hall–Kier alpha value is -0.120. The van der Waals surface area contributed by atoms with Crippen LogP contribution in [-0.4, -0.2) is 43.3 Å². The second-order valence-electron chi connectivity index (χ2n) is 5.49. The monoisotopic (exact) mass is 256 g/mol. The van der Waals surface area contributed by atoms with E-state index in [0.717, 1.165) is 32.7 Å². The number of hydrogen-bond donors (Lipinski definition) is 1. The summed E-state index contributed by atoms with van der Waals surface area (Å²) in [6.45, 7) is 8.29. The van der Waals surface area contributed by atoms with Gasteiger partial charge in [0, 0.05) is 25.7 Å². The van der Waals surface area contributed by atoms with Gasteiger partial charge in [0.25, 0.3) is 0 Å². The zero-order valence-corrected chi connectivity index (χ0v) is 12.4. The van der Waals surface area contributed by atoms with E-state index in [1.807, 2.05) is 0 Å². The fraction of sp³-hybridized carbons (Fsp3) is 1.00. The van der Waals surface area contributed by atoms with Gasteiger partial charge < -0.3 is 10.5 Å². The minimum absolute atomic E-state index is 0.424. The number of morpholine rings is 1. The first-order valence-corrected chi connectivity index (χ1v) is 7.87. The Balaban J connectivity index is 2.22. The van der Waals surface area contributed by atoms with Gasteiger partial charge in [-0.25, -0.2) is 0 Å². The lowest BCUT2D eigenvalue weighted by molar-refractivity contribution is -0.0444. The van der Waals surface area contributed by atoms with Gasteiger partial charge in [0.15, 0.2) is 0 Å². The van der Waals surface area contributed by atoms with E-state index in [9.17, 15) is 0 Å². The van der Waals surface area contributed by atoms with Crippen LogP contribution in [0.5, 0.6) is 0 Å². The maximum Gasteiger partial charge on any atom is 0.0700 e. The zero-order valence-electron chi connectivity index (χ0n) is 12.4. The van der Waals surface area contributed by atoms with Gasteiger partial charge in [0.2, 0.25) is 0 Å². The van der Waals surface area contributed by atoms with Crippen molar-refractivity contribution in [1.82, 2.24) is 4.90 Å². The van der Waals surface area contributed by atoms with E-state index in [2.05, 4.69) is 18.7 Å². The van der Waals surface area contributed by atoms with Gasteiger partial charge in [-0.05, 0) is 12.8 Å². The van der Waals surface area contributed by atoms with E-state index >= 15 is 0 Å². The van der Waals surface area contributed by atoms with Crippen LogP contribution < -0.4 is 5.73 Å². The fourth-order valence-electron chi connectivity index (χ4n) is 2.75. The summed E-state index contributed by atoms with van der Waals surface area (Å²) < 4.78 is 5.73. The summed E-state index contributed by atoms with van der Waals surface area (Å²) >= 11 is 0. The van der Waals surface area contributed by atoms with E-state index in [-0.39, 0.29) is 0 Å². The number of unbranched alkanes of at least 4 members (excludes halogenated alkanes) is 4. The first-order chi connectivity index (χ1) is 8.81. The Bertz CT molecular complexity index is 199. The molecule has 2 unspecified atom stereocenters. The molecule has 0 aliphatic carbocycles. The molecule has 1 heterocycles. The molecule has 3 heteroatoms. The average Bonchev–Trinajstić information content (AvgIpc) is 2.43. The maximum atomic E-state index is 5.95. The molecule has 1 aliphatic rings. The van der Waals surface area contributed by atoms with Crippen molar-refractivity contribution >= 4 is 0 Å². The summed E-state index contributed by atoms with van der Waals surface area (Å²) in [5, 5.41) is 0. The van der Waals surface area contributed by atoms with Gasteiger partial charge in [-0.1, -0.05) is 46.0 Å². The maximum absolute atomic E-state index is 5.95. The molecule has 108 valence electrons. The van der Waals surface area contributed by atoms with Crippen molar-refractivity contribution in [3.05, 3.63) is 0 Å². The molecule has 0 saturated carbocycles. The number of nitrogens with zero attached hydrogens (tertiary/aromatic N) is 1. The predicted octanol–water partition coefficient (Wildman–Crippen LogP) is 2.79. The molecule has 18 heavy (non-hydrogen) atoms. The molecule has 1 fully saturated rings. The van der Waals surface area contributed by atoms with E-state index in [1.54, 1.807) is 0 Å². The summed E-state index contributed by atoms with van der Waals surface area (Å²) in [4.78, 5) is 2.55. The lowest BCUT2D eigenvalue weighted by Gasteiger charge is -2.37. The molecule has 0 amide bonds. The van der Waals surface area contributed by atoms with Crippen molar-refractivity contribution in [3.63, 3.8) is 0 Å². The molecule has 2 N–H and O–H groups in total. The van der Waals surface area contributed by atoms with Crippen LogP contribution in [0.15, 0.2) is 0 Å². The molecule has 3 nitrogen and oxygen atoms in total. The Morgan fingerprint density at radius 1 is 1.22 bits per heavy atom. The van der Waals surface area contributed by atoms with Crippen LogP contribution >= 0.6 is 0 Å². The van der Waals surface area contributed by atoms with Crippen molar-refractivity contribution in [2.75, 3.05) is 26.2 Å². The molecule has 0 aromatic rings. The van der Waals surface area contributed by atoms with Crippen molar-refractivity contribution < 1.29 is 4.74 Å². The Morgan fingerprint density at radius 2 is 2.00 bits per heavy atom. The van der Waals surface area contributed by atoms with Crippen LogP contribution in [0.4, 0.5) is 0 Å². The largest absolute Gasteiger partial charge is 0.376 e. The highest BCUT2D eigenvalue weighted by atomic mass is 16.5. The van der Waals surface area contributed by atoms with Crippen LogP contribution in [0.2, 0.25) is 0 Å². The molecule has 0 bridgehead atoms. The molecule has 0 radical (unpaired) electrons. The van der Waals surface area contributed by atoms with Gasteiger partial charge in [-0.2, -0.15) is 0 Å². The van der Waals surface area contributed by atoms with Crippen LogP contribution in [0, 0.1) is 0 Å². The third-order valence-corrected chi connectivity index (χ3v) is 4.05. The van der Waals surface area contributed by atoms with Gasteiger partial charge >= 0.3 is 0 Å². The van der Waals surface area contributed by atoms with Crippen LogP contribution in [-0.2, 0) is 4.74 Å². The first kappa shape index (κ1) is 15.9. The van der Waals surface area contributed by atoms with Crippen molar-refractivity contribution in [1.29, 1.82) is 0 Å². The van der Waals surface area contributed by atoms with E-state index in [1.165, 1.54) is 38.5 Å². The van der Waals surface area contributed by atoms with Crippen molar-refractivity contribution in [3.8, 4) is 0 Å². The molecule has 2 atom stereocenters. The quantitative estimate of drug-likeness (QED) is 0.645. The van der Waals surface area contributed by atoms with Gasteiger partial charge in [0.05, 0.1) is 12.7 Å². The lowest BCUT2D eigenvalue weighted by Crippen LogP contribution is -2.50. The number of ether oxygens (including phenoxy) is 1. The second kappa shape index (κ2) is 9.76. The fourth-order valence-corrected chi connectivity index (χ4v) is 2.75. The molecule has 1 rings (SSSR count). The molecular formula is C15H32N2O. The highest BCUT2D eigenvalue weighted by Gasteiger charge is 2.24. The normalized spacial score (nSPS) is 23.2. The van der Waals surface area contributed by atoms with Gasteiger partial charge in [-0.3, -0.25) is 4.90 Å². The average molecular weight is 256 g/mol. The number of nitrogens with two attached hydrogens (primary N) is 1. The summed E-state index contributed by atoms with van der Waals surface area (Å²) in [5.74, 6) is 0. The van der Waals surface area contributed by atoms with E-state index in [0.29, 0.717) is 12.1 Å². The third kappa shape index (κ3) is 5.68. The zero-order chi connectivity index (χ0) is 13.2. The Labute approximate surface area is 113 Å². The summed E-state index contributed by atoms with van der Waals surface area (Å²) in [5.41, 5.74) is 5.95. The minimum atomic E-state index is 0.424. The lowest BCUT2D eigenvalue weighted by atomic mass is 10.0. The molecule has 0 aromatic carbocycles. The highest BCUT2D eigenvalue weighted by molar-refractivity contribution is 4.78. The van der Waals surface area contributed by atoms with E-state index in [4.69, 9.17) is 10.5 Å². The van der Waals surface area contributed by atoms with Crippen molar-refractivity contribution in [2.24, 2.45) is 5.73 Å². The van der Waals surface area contributed by atoms with Crippen molar-refractivity contribution in [2.45, 2.75) is 70.9 Å². The molecule has 0 spiro atoms. The topological polar surface area (TPSA) is 38.5 Å². The van der Waals surface area contributed by atoms with Crippen LogP contribution in [0.25, 0.3) is 0 Å². The highest BCUT2D eigenvalue weighted by Crippen LogP contribution is 2.16. The third-order valence-electron chi connectivity index (χ3n) is 4.05. The summed E-state index contributed by atoms with van der Waals surface area (Å²) in [6.07, 6.45) is 9.58. The van der Waals surface area contributed by atoms with Crippen LogP contribution in [0.3, 0.4) is 0 Å². The Kier molecular flexibility index (Phi) is 8.64. The SMILES string of the molecule is CCCCCCCC(CN)N1CCOC(CC)C1. The second-order valence-corrected chi connectivity index (χ2v) is 5.49. The summed E-state index contributed by atoms with van der Waals surface area (Å²) in [6, 6.07) is 0.574. The Morgan fingerprint density at radius 3 is 2.67 bits per heavy atom. The van der Waals surface area contributed by atoms with Crippen LogP contribution in [0.1, 0.15) is 58.8 Å². The van der Waals surface area contributed by atoms with Gasteiger partial charge in [0.1, 0.15) is 0 Å². The molecular weight excluding hydrogens is 224 g/mol. The van der Waals surface area contributed by atoms with E-state index < -0.39 is 0 Å². The predicted molar refractivity (Wildman–Crippen MR) is 77.8 cm³/mol. The summed E-state index contributed by atoms with van der Waals surface area (Å²) in [7, 11) is 0. The smallest absolute Gasteiger partial charge is 0.0700 e. The van der Waals surface area contributed by atoms with Gasteiger partial charge in [-0.15, -0.1) is 0 Å². The minimum Gasteiger partial charge on any atom is -0.376 e. The number of rotatable bonds is 9. The molecule has 1 saturated heterocycles.